The Hall–Kier alpha value is -0.350. The maximum atomic E-state index is 11.5. The van der Waals surface area contributed by atoms with Crippen molar-refractivity contribution in [3.05, 3.63) is 12.2 Å². The van der Waals surface area contributed by atoms with E-state index >= 15 is 0 Å². The van der Waals surface area contributed by atoms with Gasteiger partial charge < -0.3 is 0 Å². The van der Waals surface area contributed by atoms with Gasteiger partial charge in [-0.2, -0.15) is 4.31 Å². The van der Waals surface area contributed by atoms with Gasteiger partial charge in [0.1, 0.15) is 0 Å². The molecule has 0 aliphatic carbocycles. The number of hydrogen-bond acceptors (Lipinski definition) is 2. The van der Waals surface area contributed by atoms with Crippen molar-refractivity contribution in [1.29, 1.82) is 0 Å². The first kappa shape index (κ1) is 11.7. The van der Waals surface area contributed by atoms with Crippen LogP contribution in [0.4, 0.5) is 0 Å². The van der Waals surface area contributed by atoms with E-state index < -0.39 is 10.0 Å². The van der Waals surface area contributed by atoms with E-state index in [1.165, 1.54) is 6.26 Å². The second kappa shape index (κ2) is 3.07. The minimum Gasteiger partial charge on any atom is -0.212 e. The minimum atomic E-state index is -3.08. The molecule has 3 atom stereocenters. The fraction of sp³-hybridized carbons (Fsp3) is 0.800. The molecule has 0 aromatic rings. The number of nitrogens with zero attached hydrogens (tertiary/aromatic N) is 1. The summed E-state index contributed by atoms with van der Waals surface area (Å²) in [5.41, 5.74) is 0.905. The van der Waals surface area contributed by atoms with Crippen LogP contribution in [0, 0.1) is 5.41 Å². The van der Waals surface area contributed by atoms with Crippen molar-refractivity contribution < 1.29 is 8.42 Å². The van der Waals surface area contributed by atoms with Gasteiger partial charge >= 0.3 is 0 Å². The molecule has 1 rings (SSSR count). The molecule has 0 aromatic carbocycles. The molecule has 1 aliphatic heterocycles. The summed E-state index contributed by atoms with van der Waals surface area (Å²) in [5.74, 6) is 0. The molecule has 1 unspecified atom stereocenters. The van der Waals surface area contributed by atoms with Gasteiger partial charge in [-0.3, -0.25) is 0 Å². The molecule has 0 N–H and O–H groups in total. The zero-order valence-corrected chi connectivity index (χ0v) is 10.4. The Kier molecular flexibility index (Phi) is 2.57. The van der Waals surface area contributed by atoms with Crippen molar-refractivity contribution >= 4 is 10.0 Å². The third kappa shape index (κ3) is 2.01. The quantitative estimate of drug-likeness (QED) is 0.520. The average Bonchev–Trinajstić information content (AvgIpc) is 2.54. The normalized spacial score (nSPS) is 32.8. The molecule has 1 aliphatic rings. The molecule has 14 heavy (non-hydrogen) atoms. The Balaban J connectivity index is 2.97. The molecule has 82 valence electrons. The topological polar surface area (TPSA) is 37.1 Å². The lowest BCUT2D eigenvalue weighted by Gasteiger charge is -2.17. The second-order valence-electron chi connectivity index (χ2n) is 5.19. The smallest absolute Gasteiger partial charge is 0.212 e. The minimum absolute atomic E-state index is 0.00463. The average molecular weight is 217 g/mol. The van der Waals surface area contributed by atoms with Gasteiger partial charge in [-0.05, 0) is 12.3 Å². The number of hydrogen-bond donors (Lipinski definition) is 0. The Morgan fingerprint density at radius 3 is 1.86 bits per heavy atom. The van der Waals surface area contributed by atoms with Crippen LogP contribution in [0.15, 0.2) is 12.2 Å². The van der Waals surface area contributed by atoms with E-state index in [0.717, 1.165) is 5.57 Å². The Labute approximate surface area is 86.8 Å². The van der Waals surface area contributed by atoms with Gasteiger partial charge in [0, 0.05) is 0 Å². The standard InChI is InChI=1S/C10H19NO2S/c1-7(2)8-9(10(3,4)5)11(8)14(6,12)13/h8-9H,1H2,2-6H3/t8-,9-,11?/m1/s1. The van der Waals surface area contributed by atoms with Crippen LogP contribution >= 0.6 is 0 Å². The Morgan fingerprint density at radius 2 is 1.79 bits per heavy atom. The van der Waals surface area contributed by atoms with E-state index in [2.05, 4.69) is 27.4 Å². The van der Waals surface area contributed by atoms with E-state index in [9.17, 15) is 8.42 Å². The van der Waals surface area contributed by atoms with Crippen LogP contribution in [0.5, 0.6) is 0 Å². The van der Waals surface area contributed by atoms with Gasteiger partial charge in [0.15, 0.2) is 0 Å². The van der Waals surface area contributed by atoms with Crippen LogP contribution in [0.25, 0.3) is 0 Å². The van der Waals surface area contributed by atoms with Crippen LogP contribution in [-0.2, 0) is 10.0 Å². The van der Waals surface area contributed by atoms with Gasteiger partial charge in [-0.15, -0.1) is 0 Å². The zero-order chi connectivity index (χ0) is 11.3. The molecule has 1 fully saturated rings. The van der Waals surface area contributed by atoms with Crippen LogP contribution in [0.3, 0.4) is 0 Å². The predicted molar refractivity (Wildman–Crippen MR) is 58.5 cm³/mol. The third-order valence-corrected chi connectivity index (χ3v) is 3.75. The first-order valence-corrected chi connectivity index (χ1v) is 6.55. The van der Waals surface area contributed by atoms with Gasteiger partial charge in [0.25, 0.3) is 0 Å². The van der Waals surface area contributed by atoms with Crippen molar-refractivity contribution in [3.63, 3.8) is 0 Å². The summed E-state index contributed by atoms with van der Waals surface area (Å²) in [6.07, 6.45) is 1.26. The van der Waals surface area contributed by atoms with E-state index in [1.807, 2.05) is 6.92 Å². The Morgan fingerprint density at radius 1 is 1.36 bits per heavy atom. The fourth-order valence-electron chi connectivity index (χ4n) is 1.97. The lowest BCUT2D eigenvalue weighted by Crippen LogP contribution is -2.22. The highest BCUT2D eigenvalue weighted by molar-refractivity contribution is 7.88. The molecular formula is C10H19NO2S. The number of sulfonamides is 1. The second-order valence-corrected chi connectivity index (χ2v) is 7.08. The van der Waals surface area contributed by atoms with Crippen molar-refractivity contribution in [2.75, 3.05) is 6.26 Å². The molecule has 0 amide bonds. The first-order chi connectivity index (χ1) is 6.07. The highest BCUT2D eigenvalue weighted by Gasteiger charge is 2.58. The molecule has 1 saturated heterocycles. The summed E-state index contributed by atoms with van der Waals surface area (Å²) < 4.78 is 24.5. The van der Waals surface area contributed by atoms with Gasteiger partial charge in [0.2, 0.25) is 10.0 Å². The zero-order valence-electron chi connectivity index (χ0n) is 9.53. The lowest BCUT2D eigenvalue weighted by molar-refractivity contribution is 0.370. The molecule has 1 heterocycles. The summed E-state index contributed by atoms with van der Waals surface area (Å²) in [5, 5.41) is 0. The molecule has 0 bridgehead atoms. The SMILES string of the molecule is C=C(C)[C@@H]1[C@H](C(C)(C)C)N1S(C)(=O)=O. The molecular weight excluding hydrogens is 198 g/mol. The summed E-state index contributed by atoms with van der Waals surface area (Å²) >= 11 is 0. The molecule has 0 radical (unpaired) electrons. The maximum Gasteiger partial charge on any atom is 0.212 e. The van der Waals surface area contributed by atoms with Crippen LogP contribution < -0.4 is 0 Å². The van der Waals surface area contributed by atoms with Crippen molar-refractivity contribution in [3.8, 4) is 0 Å². The van der Waals surface area contributed by atoms with Gasteiger partial charge in [0.05, 0.1) is 18.3 Å². The lowest BCUT2D eigenvalue weighted by atomic mass is 9.89. The van der Waals surface area contributed by atoms with E-state index in [1.54, 1.807) is 4.31 Å². The largest absolute Gasteiger partial charge is 0.212 e. The summed E-state index contributed by atoms with van der Waals surface area (Å²) in [6, 6.07) is 0.0833. The first-order valence-electron chi connectivity index (χ1n) is 4.70. The summed E-state index contributed by atoms with van der Waals surface area (Å²) in [7, 11) is -3.08. The highest BCUT2D eigenvalue weighted by Crippen LogP contribution is 2.46. The number of rotatable bonds is 2. The molecule has 3 nitrogen and oxygen atoms in total. The summed E-state index contributed by atoms with van der Waals surface area (Å²) in [6.45, 7) is 11.9. The van der Waals surface area contributed by atoms with Crippen molar-refractivity contribution in [2.45, 2.75) is 39.8 Å². The van der Waals surface area contributed by atoms with Crippen molar-refractivity contribution in [2.24, 2.45) is 5.41 Å². The van der Waals surface area contributed by atoms with Crippen molar-refractivity contribution in [1.82, 2.24) is 4.31 Å². The van der Waals surface area contributed by atoms with Crippen LogP contribution in [0.2, 0.25) is 0 Å². The highest BCUT2D eigenvalue weighted by atomic mass is 32.2. The summed E-state index contributed by atoms with van der Waals surface area (Å²) in [4.78, 5) is 0. The maximum absolute atomic E-state index is 11.5. The van der Waals surface area contributed by atoms with Crippen LogP contribution in [-0.4, -0.2) is 31.1 Å². The monoisotopic (exact) mass is 217 g/mol. The van der Waals surface area contributed by atoms with Gasteiger partial charge in [-0.25, -0.2) is 8.42 Å². The van der Waals surface area contributed by atoms with E-state index in [0.29, 0.717) is 0 Å². The molecule has 0 saturated carbocycles. The Bertz CT molecular complexity index is 351. The fourth-order valence-corrected chi connectivity index (χ4v) is 3.46. The molecule has 0 spiro atoms. The predicted octanol–water partition coefficient (Wildman–Crippen LogP) is 1.62. The molecule has 4 heteroatoms. The van der Waals surface area contributed by atoms with E-state index in [-0.39, 0.29) is 17.5 Å². The van der Waals surface area contributed by atoms with E-state index in [4.69, 9.17) is 0 Å². The molecule has 0 aromatic heterocycles. The van der Waals surface area contributed by atoms with Crippen LogP contribution in [0.1, 0.15) is 27.7 Å². The van der Waals surface area contributed by atoms with Gasteiger partial charge in [-0.1, -0.05) is 32.9 Å². The third-order valence-electron chi connectivity index (χ3n) is 2.53.